The Kier molecular flexibility index (Phi) is 2.95. The van der Waals surface area contributed by atoms with Crippen LogP contribution in [-0.4, -0.2) is 29.7 Å². The second kappa shape index (κ2) is 4.18. The predicted molar refractivity (Wildman–Crippen MR) is 66.6 cm³/mol. The highest BCUT2D eigenvalue weighted by atomic mass is 35.5. The van der Waals surface area contributed by atoms with Crippen molar-refractivity contribution in [1.29, 1.82) is 0 Å². The number of aromatic nitrogens is 2. The van der Waals surface area contributed by atoms with Crippen LogP contribution in [0.1, 0.15) is 0 Å². The van der Waals surface area contributed by atoms with E-state index in [0.29, 0.717) is 5.02 Å². The molecule has 1 heterocycles. The zero-order valence-electron chi connectivity index (χ0n) is 9.19. The van der Waals surface area contributed by atoms with Gasteiger partial charge in [0.15, 0.2) is 9.84 Å². The van der Waals surface area contributed by atoms with Crippen molar-refractivity contribution in [3.05, 3.63) is 33.7 Å². The third-order valence-corrected chi connectivity index (χ3v) is 3.71. The van der Waals surface area contributed by atoms with Gasteiger partial charge in [0.1, 0.15) is 5.69 Å². The van der Waals surface area contributed by atoms with Crippen molar-refractivity contribution >= 4 is 21.4 Å². The molecule has 2 rings (SSSR count). The van der Waals surface area contributed by atoms with Gasteiger partial charge in [-0.15, -0.1) is 0 Å². The highest BCUT2D eigenvalue weighted by Crippen LogP contribution is 2.32. The Labute approximate surface area is 107 Å². The molecule has 18 heavy (non-hydrogen) atoms. The van der Waals surface area contributed by atoms with Crippen LogP contribution in [0.15, 0.2) is 27.9 Å². The van der Waals surface area contributed by atoms with Crippen molar-refractivity contribution < 1.29 is 13.5 Å². The predicted octanol–water partition coefficient (Wildman–Crippen LogP) is 1.13. The topological polar surface area (TPSA) is 103 Å². The van der Waals surface area contributed by atoms with E-state index in [1.54, 1.807) is 0 Å². The van der Waals surface area contributed by atoms with Gasteiger partial charge in [0.05, 0.1) is 4.90 Å². The van der Waals surface area contributed by atoms with Crippen LogP contribution in [0, 0.1) is 0 Å². The third kappa shape index (κ3) is 2.27. The van der Waals surface area contributed by atoms with Crippen molar-refractivity contribution in [3.63, 3.8) is 0 Å². The van der Waals surface area contributed by atoms with Crippen molar-refractivity contribution in [2.24, 2.45) is 0 Å². The molecule has 96 valence electrons. The molecular weight excluding hydrogens is 280 g/mol. The van der Waals surface area contributed by atoms with E-state index in [-0.39, 0.29) is 16.2 Å². The van der Waals surface area contributed by atoms with Crippen LogP contribution in [-0.2, 0) is 9.84 Å². The summed E-state index contributed by atoms with van der Waals surface area (Å²) in [5.74, 6) is -0.438. The fraction of sp³-hybridized carbons (Fsp3) is 0.100. The molecule has 0 saturated carbocycles. The number of imidazole rings is 1. The molecule has 6 nitrogen and oxygen atoms in total. The zero-order chi connectivity index (χ0) is 13.5. The Hall–Kier alpha value is -1.73. The zero-order valence-corrected chi connectivity index (χ0v) is 10.8. The van der Waals surface area contributed by atoms with E-state index in [4.69, 9.17) is 11.6 Å². The SMILES string of the molecule is CS(=O)(=O)c1ccc(Cl)cc1-c1[nH]c(=O)[nH]c1O. The molecule has 2 aromatic rings. The summed E-state index contributed by atoms with van der Waals surface area (Å²) in [5, 5.41) is 9.83. The summed E-state index contributed by atoms with van der Waals surface area (Å²) in [6.07, 6.45) is 1.03. The van der Waals surface area contributed by atoms with E-state index >= 15 is 0 Å². The molecule has 1 aromatic heterocycles. The van der Waals surface area contributed by atoms with Crippen LogP contribution in [0.5, 0.6) is 5.88 Å². The Morgan fingerprint density at radius 3 is 2.44 bits per heavy atom. The van der Waals surface area contributed by atoms with Gasteiger partial charge in [0, 0.05) is 16.8 Å². The van der Waals surface area contributed by atoms with Crippen LogP contribution in [0.2, 0.25) is 5.02 Å². The number of benzene rings is 1. The molecule has 0 spiro atoms. The Morgan fingerprint density at radius 2 is 1.94 bits per heavy atom. The number of aromatic amines is 2. The first-order valence-corrected chi connectivity index (χ1v) is 7.07. The molecular formula is C10H9ClN2O4S. The third-order valence-electron chi connectivity index (χ3n) is 2.32. The molecule has 0 radical (unpaired) electrons. The first-order chi connectivity index (χ1) is 8.29. The van der Waals surface area contributed by atoms with Crippen molar-refractivity contribution in [3.8, 4) is 17.1 Å². The molecule has 0 atom stereocenters. The van der Waals surface area contributed by atoms with E-state index in [1.165, 1.54) is 18.2 Å². The molecule has 0 saturated heterocycles. The lowest BCUT2D eigenvalue weighted by atomic mass is 10.1. The Balaban J connectivity index is 2.82. The maximum atomic E-state index is 11.6. The van der Waals surface area contributed by atoms with Gasteiger partial charge in [-0.1, -0.05) is 11.6 Å². The number of rotatable bonds is 2. The lowest BCUT2D eigenvalue weighted by Crippen LogP contribution is -2.02. The average molecular weight is 289 g/mol. The average Bonchev–Trinajstić information content (AvgIpc) is 2.55. The Morgan fingerprint density at radius 1 is 1.28 bits per heavy atom. The Bertz CT molecular complexity index is 760. The monoisotopic (exact) mass is 288 g/mol. The van der Waals surface area contributed by atoms with E-state index < -0.39 is 21.4 Å². The quantitative estimate of drug-likeness (QED) is 0.771. The van der Waals surface area contributed by atoms with E-state index in [9.17, 15) is 18.3 Å². The normalized spacial score (nSPS) is 11.7. The van der Waals surface area contributed by atoms with Gasteiger partial charge in [-0.3, -0.25) is 4.98 Å². The summed E-state index contributed by atoms with van der Waals surface area (Å²) in [4.78, 5) is 15.5. The molecule has 3 N–H and O–H groups in total. The van der Waals surface area contributed by atoms with Gasteiger partial charge < -0.3 is 10.1 Å². The van der Waals surface area contributed by atoms with Crippen molar-refractivity contribution in [2.75, 3.05) is 6.26 Å². The summed E-state index contributed by atoms with van der Waals surface area (Å²) in [6.45, 7) is 0. The summed E-state index contributed by atoms with van der Waals surface area (Å²) in [7, 11) is -3.51. The molecule has 8 heteroatoms. The minimum absolute atomic E-state index is 0.0112. The van der Waals surface area contributed by atoms with Crippen LogP contribution < -0.4 is 5.69 Å². The molecule has 0 bridgehead atoms. The smallest absolute Gasteiger partial charge is 0.326 e. The van der Waals surface area contributed by atoms with Gasteiger partial charge >= 0.3 is 5.69 Å². The molecule has 0 aliphatic heterocycles. The molecule has 0 fully saturated rings. The number of hydrogen-bond donors (Lipinski definition) is 3. The second-order valence-corrected chi connectivity index (χ2v) is 6.14. The second-order valence-electron chi connectivity index (χ2n) is 3.72. The molecule has 1 aromatic carbocycles. The van der Waals surface area contributed by atoms with Gasteiger partial charge in [0.25, 0.3) is 0 Å². The summed E-state index contributed by atoms with van der Waals surface area (Å²) in [6, 6.07) is 4.10. The van der Waals surface area contributed by atoms with Gasteiger partial charge in [-0.25, -0.2) is 13.2 Å². The van der Waals surface area contributed by atoms with Crippen LogP contribution in [0.25, 0.3) is 11.3 Å². The van der Waals surface area contributed by atoms with Crippen LogP contribution >= 0.6 is 11.6 Å². The fourth-order valence-electron chi connectivity index (χ4n) is 1.59. The minimum atomic E-state index is -3.51. The highest BCUT2D eigenvalue weighted by molar-refractivity contribution is 7.90. The van der Waals surface area contributed by atoms with E-state index in [1.807, 2.05) is 0 Å². The number of aromatic hydroxyl groups is 1. The number of hydrogen-bond acceptors (Lipinski definition) is 4. The number of sulfone groups is 1. The standard InChI is InChI=1S/C10H9ClN2O4S/c1-18(16,17)7-3-2-5(11)4-6(7)8-9(14)13-10(15)12-8/h2-4,14H,1H3,(H2,12,13,15). The molecule has 0 unspecified atom stereocenters. The lowest BCUT2D eigenvalue weighted by molar-refractivity contribution is 0.457. The maximum absolute atomic E-state index is 11.6. The molecule has 0 aliphatic rings. The van der Waals surface area contributed by atoms with Gasteiger partial charge in [-0.05, 0) is 18.2 Å². The summed E-state index contributed by atoms with van der Waals surface area (Å²) < 4.78 is 23.3. The van der Waals surface area contributed by atoms with Gasteiger partial charge in [-0.2, -0.15) is 0 Å². The number of H-pyrrole nitrogens is 2. The van der Waals surface area contributed by atoms with Crippen molar-refractivity contribution in [1.82, 2.24) is 9.97 Å². The molecule has 0 aliphatic carbocycles. The highest BCUT2D eigenvalue weighted by Gasteiger charge is 2.19. The fourth-order valence-corrected chi connectivity index (χ4v) is 2.64. The minimum Gasteiger partial charge on any atom is -0.493 e. The first-order valence-electron chi connectivity index (χ1n) is 4.80. The maximum Gasteiger partial charge on any atom is 0.326 e. The molecule has 0 amide bonds. The summed E-state index contributed by atoms with van der Waals surface area (Å²) in [5.41, 5.74) is -0.509. The first kappa shape index (κ1) is 12.7. The van der Waals surface area contributed by atoms with Crippen LogP contribution in [0.3, 0.4) is 0 Å². The van der Waals surface area contributed by atoms with Gasteiger partial charge in [0.2, 0.25) is 5.88 Å². The number of halogens is 1. The van der Waals surface area contributed by atoms with E-state index in [2.05, 4.69) is 9.97 Å². The largest absolute Gasteiger partial charge is 0.493 e. The number of nitrogens with one attached hydrogen (secondary N) is 2. The summed E-state index contributed by atoms with van der Waals surface area (Å²) >= 11 is 5.80. The van der Waals surface area contributed by atoms with Crippen molar-refractivity contribution in [2.45, 2.75) is 4.90 Å². The van der Waals surface area contributed by atoms with E-state index in [0.717, 1.165) is 6.26 Å². The lowest BCUT2D eigenvalue weighted by Gasteiger charge is -2.06. The van der Waals surface area contributed by atoms with Crippen LogP contribution in [0.4, 0.5) is 0 Å².